The Morgan fingerprint density at radius 1 is 1.43 bits per heavy atom. The van der Waals surface area contributed by atoms with Gasteiger partial charge in [-0.15, -0.1) is 0 Å². The van der Waals surface area contributed by atoms with Gasteiger partial charge in [-0.2, -0.15) is 5.10 Å². The van der Waals surface area contributed by atoms with Crippen LogP contribution in [0.25, 0.3) is 0 Å². The molecule has 0 fully saturated rings. The predicted molar refractivity (Wildman–Crippen MR) is 98.0 cm³/mol. The Labute approximate surface area is 159 Å². The lowest BCUT2D eigenvalue weighted by Gasteiger charge is -2.24. The molecular weight excluding hydrogens is 370 g/mol. The largest absolute Gasteiger partial charge is 0.500 e. The number of hydrogen-bond acceptors (Lipinski definition) is 8. The summed E-state index contributed by atoms with van der Waals surface area (Å²) in [4.78, 5) is 22.5. The number of aromatic hydroxyl groups is 1. The second-order valence-corrected chi connectivity index (χ2v) is 5.68. The number of benzene rings is 2. The predicted octanol–water partition coefficient (Wildman–Crippen LogP) is 1.99. The first-order valence-corrected chi connectivity index (χ1v) is 8.35. The molecule has 3 rings (SSSR count). The van der Waals surface area contributed by atoms with Crippen LogP contribution in [0.2, 0.25) is 0 Å². The van der Waals surface area contributed by atoms with Gasteiger partial charge in [-0.05, 0) is 25.1 Å². The molecule has 0 aliphatic carbocycles. The van der Waals surface area contributed by atoms with Crippen molar-refractivity contribution < 1.29 is 29.0 Å². The highest BCUT2D eigenvalue weighted by Gasteiger charge is 2.27. The summed E-state index contributed by atoms with van der Waals surface area (Å²) in [6, 6.07) is 9.45. The fourth-order valence-corrected chi connectivity index (χ4v) is 2.48. The number of ether oxygens (including phenoxy) is 3. The van der Waals surface area contributed by atoms with E-state index in [4.69, 9.17) is 14.2 Å². The number of nitro benzene ring substituents is 1. The molecule has 0 radical (unpaired) electrons. The third kappa shape index (κ3) is 4.11. The number of phenols is 1. The van der Waals surface area contributed by atoms with E-state index < -0.39 is 28.4 Å². The van der Waals surface area contributed by atoms with Gasteiger partial charge < -0.3 is 19.3 Å². The molecule has 146 valence electrons. The molecule has 2 aromatic rings. The van der Waals surface area contributed by atoms with Crippen LogP contribution in [0.5, 0.6) is 23.0 Å². The summed E-state index contributed by atoms with van der Waals surface area (Å²) in [5, 5.41) is 24.7. The van der Waals surface area contributed by atoms with Crippen molar-refractivity contribution in [2.75, 3.05) is 13.2 Å². The van der Waals surface area contributed by atoms with E-state index in [9.17, 15) is 20.0 Å². The number of hydrazone groups is 1. The standard InChI is InChI=1S/C18H17N3O7/c1-2-26-15-8-11(7-12(17(15)22)21(24)25)9-19-20-18(23)16-10-27-13-5-3-4-6-14(13)28-16/h3-9,16,22H,2,10H2,1H3,(H,20,23)/b19-9+/t16-/m1/s1. The molecule has 1 atom stereocenters. The minimum atomic E-state index is -0.889. The zero-order chi connectivity index (χ0) is 20.1. The van der Waals surface area contributed by atoms with Crippen LogP contribution in [0, 0.1) is 10.1 Å². The molecule has 0 spiro atoms. The molecule has 2 aromatic carbocycles. The van der Waals surface area contributed by atoms with E-state index in [-0.39, 0.29) is 24.5 Å². The van der Waals surface area contributed by atoms with Gasteiger partial charge >= 0.3 is 5.69 Å². The molecule has 1 amide bonds. The van der Waals surface area contributed by atoms with Gasteiger partial charge in [-0.25, -0.2) is 5.43 Å². The molecule has 0 saturated heterocycles. The van der Waals surface area contributed by atoms with E-state index in [1.54, 1.807) is 31.2 Å². The molecule has 1 aliphatic rings. The highest BCUT2D eigenvalue weighted by atomic mass is 16.6. The number of amides is 1. The Morgan fingerprint density at radius 2 is 2.18 bits per heavy atom. The Kier molecular flexibility index (Phi) is 5.58. The normalized spacial score (nSPS) is 15.2. The zero-order valence-electron chi connectivity index (χ0n) is 14.8. The third-order valence-electron chi connectivity index (χ3n) is 3.76. The summed E-state index contributed by atoms with van der Waals surface area (Å²) < 4.78 is 16.2. The van der Waals surface area contributed by atoms with Gasteiger partial charge in [0.05, 0.1) is 17.7 Å². The summed E-state index contributed by atoms with van der Waals surface area (Å²) in [5.41, 5.74) is 2.03. The minimum absolute atomic E-state index is 0.0253. The first-order valence-electron chi connectivity index (χ1n) is 8.35. The third-order valence-corrected chi connectivity index (χ3v) is 3.76. The van der Waals surface area contributed by atoms with Gasteiger partial charge in [0, 0.05) is 11.6 Å². The first kappa shape index (κ1) is 19.0. The molecule has 2 N–H and O–H groups in total. The number of carbonyl (C=O) groups is 1. The van der Waals surface area contributed by atoms with Crippen LogP contribution in [0.1, 0.15) is 12.5 Å². The lowest BCUT2D eigenvalue weighted by molar-refractivity contribution is -0.386. The molecule has 1 aliphatic heterocycles. The molecule has 0 bridgehead atoms. The van der Waals surface area contributed by atoms with Gasteiger partial charge in [0.1, 0.15) is 6.61 Å². The van der Waals surface area contributed by atoms with Crippen molar-refractivity contribution in [1.29, 1.82) is 0 Å². The van der Waals surface area contributed by atoms with Crippen LogP contribution in [-0.2, 0) is 4.79 Å². The van der Waals surface area contributed by atoms with Gasteiger partial charge in [0.15, 0.2) is 17.2 Å². The van der Waals surface area contributed by atoms with Crippen LogP contribution in [0.3, 0.4) is 0 Å². The van der Waals surface area contributed by atoms with Crippen LogP contribution >= 0.6 is 0 Å². The average Bonchev–Trinajstić information content (AvgIpc) is 2.69. The van der Waals surface area contributed by atoms with Crippen molar-refractivity contribution in [2.24, 2.45) is 5.10 Å². The number of hydrogen-bond donors (Lipinski definition) is 2. The van der Waals surface area contributed by atoms with Crippen LogP contribution in [0.4, 0.5) is 5.69 Å². The number of rotatable bonds is 6. The Hall–Kier alpha value is -3.82. The Bertz CT molecular complexity index is 929. The first-order chi connectivity index (χ1) is 13.5. The lowest BCUT2D eigenvalue weighted by atomic mass is 10.2. The second-order valence-electron chi connectivity index (χ2n) is 5.68. The van der Waals surface area contributed by atoms with Gasteiger partial charge in [0.2, 0.25) is 11.9 Å². The van der Waals surface area contributed by atoms with Crippen LogP contribution in [-0.4, -0.2) is 41.5 Å². The number of nitrogens with one attached hydrogen (secondary N) is 1. The van der Waals surface area contributed by atoms with E-state index in [2.05, 4.69) is 10.5 Å². The van der Waals surface area contributed by atoms with Gasteiger partial charge in [0.25, 0.3) is 5.91 Å². The van der Waals surface area contributed by atoms with Crippen molar-refractivity contribution in [2.45, 2.75) is 13.0 Å². The maximum absolute atomic E-state index is 12.2. The maximum atomic E-state index is 12.2. The van der Waals surface area contributed by atoms with Crippen LogP contribution in [0.15, 0.2) is 41.5 Å². The minimum Gasteiger partial charge on any atom is -0.500 e. The van der Waals surface area contributed by atoms with E-state index >= 15 is 0 Å². The second kappa shape index (κ2) is 8.25. The summed E-state index contributed by atoms with van der Waals surface area (Å²) >= 11 is 0. The number of carbonyl (C=O) groups excluding carboxylic acids is 1. The summed E-state index contributed by atoms with van der Waals surface area (Å²) in [6.45, 7) is 1.91. The maximum Gasteiger partial charge on any atom is 0.315 e. The molecule has 10 heteroatoms. The molecule has 1 heterocycles. The number of phenolic OH excluding ortho intramolecular Hbond substituents is 1. The lowest BCUT2D eigenvalue weighted by Crippen LogP contribution is -2.42. The average molecular weight is 387 g/mol. The topological polar surface area (TPSA) is 133 Å². The molecule has 0 saturated carbocycles. The number of fused-ring (bicyclic) bond motifs is 1. The summed E-state index contributed by atoms with van der Waals surface area (Å²) in [6.07, 6.45) is 0.310. The summed E-state index contributed by atoms with van der Waals surface area (Å²) in [5.74, 6) is -0.156. The highest BCUT2D eigenvalue weighted by molar-refractivity contribution is 5.86. The monoisotopic (exact) mass is 387 g/mol. The number of nitro groups is 1. The molecule has 0 aromatic heterocycles. The van der Waals surface area contributed by atoms with Crippen molar-refractivity contribution in [3.8, 4) is 23.0 Å². The quantitative estimate of drug-likeness (QED) is 0.440. The van der Waals surface area contributed by atoms with E-state index in [1.807, 2.05) is 0 Å². The molecule has 10 nitrogen and oxygen atoms in total. The van der Waals surface area contributed by atoms with Crippen molar-refractivity contribution in [3.63, 3.8) is 0 Å². The number of nitrogens with zero attached hydrogens (tertiary/aromatic N) is 2. The smallest absolute Gasteiger partial charge is 0.315 e. The molecule has 28 heavy (non-hydrogen) atoms. The van der Waals surface area contributed by atoms with Gasteiger partial charge in [-0.1, -0.05) is 12.1 Å². The van der Waals surface area contributed by atoms with Gasteiger partial charge in [-0.3, -0.25) is 14.9 Å². The Balaban J connectivity index is 1.69. The van der Waals surface area contributed by atoms with E-state index in [0.717, 1.165) is 6.07 Å². The fourth-order valence-electron chi connectivity index (χ4n) is 2.48. The number of para-hydroxylation sites is 2. The van der Waals surface area contributed by atoms with E-state index in [1.165, 1.54) is 12.3 Å². The Morgan fingerprint density at radius 3 is 2.89 bits per heavy atom. The van der Waals surface area contributed by atoms with Crippen LogP contribution < -0.4 is 19.6 Å². The fraction of sp³-hybridized carbons (Fsp3) is 0.222. The van der Waals surface area contributed by atoms with Crippen molar-refractivity contribution in [3.05, 3.63) is 52.1 Å². The van der Waals surface area contributed by atoms with E-state index in [0.29, 0.717) is 11.5 Å². The zero-order valence-corrected chi connectivity index (χ0v) is 14.8. The highest BCUT2D eigenvalue weighted by Crippen LogP contribution is 2.36. The SMILES string of the molecule is CCOc1cc(/C=N/NC(=O)[C@H]2COc3ccccc3O2)cc([N+](=O)[O-])c1O. The van der Waals surface area contributed by atoms with Crippen molar-refractivity contribution in [1.82, 2.24) is 5.43 Å². The summed E-state index contributed by atoms with van der Waals surface area (Å²) in [7, 11) is 0. The van der Waals surface area contributed by atoms with Crippen molar-refractivity contribution >= 4 is 17.8 Å². The molecular formula is C18H17N3O7. The molecule has 0 unspecified atom stereocenters.